The molecule has 0 aliphatic carbocycles. The van der Waals surface area contributed by atoms with Gasteiger partial charge in [0.1, 0.15) is 0 Å². The van der Waals surface area contributed by atoms with Crippen LogP contribution < -0.4 is 0 Å². The average Bonchev–Trinajstić information content (AvgIpc) is 2.77. The number of carbonyl (C=O) groups is 1. The Labute approximate surface area is 116 Å². The predicted octanol–water partition coefficient (Wildman–Crippen LogP) is 3.98. The highest BCUT2D eigenvalue weighted by atomic mass is 35.5. The van der Waals surface area contributed by atoms with Gasteiger partial charge in [-0.1, -0.05) is 29.8 Å². The van der Waals surface area contributed by atoms with Crippen molar-refractivity contribution in [2.75, 3.05) is 7.05 Å². The van der Waals surface area contributed by atoms with Crippen molar-refractivity contribution in [2.45, 2.75) is 13.5 Å². The fourth-order valence-corrected chi connectivity index (χ4v) is 2.83. The van der Waals surface area contributed by atoms with Crippen LogP contribution in [-0.4, -0.2) is 17.9 Å². The molecule has 1 amide bonds. The Kier molecular flexibility index (Phi) is 4.04. The van der Waals surface area contributed by atoms with Crippen molar-refractivity contribution in [3.8, 4) is 0 Å². The topological polar surface area (TPSA) is 20.3 Å². The highest BCUT2D eigenvalue weighted by Crippen LogP contribution is 2.20. The maximum absolute atomic E-state index is 12.2. The molecule has 0 aliphatic heterocycles. The molecule has 0 unspecified atom stereocenters. The van der Waals surface area contributed by atoms with E-state index < -0.39 is 0 Å². The molecule has 94 valence electrons. The molecule has 0 saturated carbocycles. The van der Waals surface area contributed by atoms with Crippen molar-refractivity contribution in [1.82, 2.24) is 4.90 Å². The summed E-state index contributed by atoms with van der Waals surface area (Å²) in [7, 11) is 1.80. The van der Waals surface area contributed by atoms with Crippen LogP contribution in [0.4, 0.5) is 0 Å². The number of aryl methyl sites for hydroxylation is 1. The van der Waals surface area contributed by atoms with E-state index >= 15 is 0 Å². The predicted molar refractivity (Wildman–Crippen MR) is 76.3 cm³/mol. The van der Waals surface area contributed by atoms with Gasteiger partial charge in [-0.2, -0.15) is 0 Å². The molecule has 4 heteroatoms. The molecule has 1 aromatic carbocycles. The van der Waals surface area contributed by atoms with Crippen molar-refractivity contribution in [3.05, 3.63) is 56.7 Å². The zero-order valence-electron chi connectivity index (χ0n) is 10.3. The largest absolute Gasteiger partial charge is 0.337 e. The Bertz CT molecular complexity index is 564. The monoisotopic (exact) mass is 279 g/mol. The summed E-state index contributed by atoms with van der Waals surface area (Å²) in [6, 6.07) is 9.55. The van der Waals surface area contributed by atoms with Gasteiger partial charge in [-0.3, -0.25) is 4.79 Å². The first kappa shape index (κ1) is 13.1. The lowest BCUT2D eigenvalue weighted by atomic mass is 10.2. The third-order valence-corrected chi connectivity index (χ3v) is 4.14. The van der Waals surface area contributed by atoms with Crippen molar-refractivity contribution < 1.29 is 4.79 Å². The number of thiophene rings is 1. The maximum atomic E-state index is 12.2. The molecule has 0 bridgehead atoms. The molecule has 2 nitrogen and oxygen atoms in total. The van der Waals surface area contributed by atoms with E-state index in [2.05, 4.69) is 0 Å². The highest BCUT2D eigenvalue weighted by molar-refractivity contribution is 7.12. The molecule has 0 atom stereocenters. The van der Waals surface area contributed by atoms with Crippen LogP contribution in [0.5, 0.6) is 0 Å². The van der Waals surface area contributed by atoms with Gasteiger partial charge in [0.25, 0.3) is 5.91 Å². The molecule has 0 radical (unpaired) electrons. The van der Waals surface area contributed by atoms with Crippen molar-refractivity contribution in [1.29, 1.82) is 0 Å². The number of rotatable bonds is 3. The van der Waals surface area contributed by atoms with Gasteiger partial charge in [0.05, 0.1) is 4.88 Å². The van der Waals surface area contributed by atoms with Crippen LogP contribution >= 0.6 is 22.9 Å². The van der Waals surface area contributed by atoms with E-state index in [-0.39, 0.29) is 5.91 Å². The summed E-state index contributed by atoms with van der Waals surface area (Å²) >= 11 is 7.57. The molecule has 0 aliphatic rings. The third-order valence-electron chi connectivity index (χ3n) is 2.77. The zero-order chi connectivity index (χ0) is 13.1. The van der Waals surface area contributed by atoms with Crippen LogP contribution in [0.2, 0.25) is 5.02 Å². The van der Waals surface area contributed by atoms with Gasteiger partial charge in [-0.05, 0) is 35.6 Å². The minimum Gasteiger partial charge on any atom is -0.337 e. The molecule has 0 fully saturated rings. The van der Waals surface area contributed by atoms with Gasteiger partial charge in [0, 0.05) is 18.6 Å². The van der Waals surface area contributed by atoms with Crippen LogP contribution in [0.1, 0.15) is 20.8 Å². The SMILES string of the molecule is Cc1ccsc1C(=O)N(C)Cc1ccccc1Cl. The number of benzene rings is 1. The zero-order valence-corrected chi connectivity index (χ0v) is 11.9. The third kappa shape index (κ3) is 2.74. The van der Waals surface area contributed by atoms with E-state index in [0.717, 1.165) is 16.0 Å². The Morgan fingerprint density at radius 1 is 1.33 bits per heavy atom. The molecule has 0 N–H and O–H groups in total. The summed E-state index contributed by atoms with van der Waals surface area (Å²) in [5.41, 5.74) is 1.99. The van der Waals surface area contributed by atoms with E-state index in [1.54, 1.807) is 11.9 Å². The standard InChI is InChI=1S/C14H14ClNOS/c1-10-7-8-18-13(10)14(17)16(2)9-11-5-3-4-6-12(11)15/h3-8H,9H2,1-2H3. The quantitative estimate of drug-likeness (QED) is 0.832. The Morgan fingerprint density at radius 2 is 2.06 bits per heavy atom. The Morgan fingerprint density at radius 3 is 2.67 bits per heavy atom. The van der Waals surface area contributed by atoms with Crippen LogP contribution in [-0.2, 0) is 6.54 Å². The molecule has 2 aromatic rings. The summed E-state index contributed by atoms with van der Waals surface area (Å²) in [4.78, 5) is 14.7. The second-order valence-corrected chi connectivity index (χ2v) is 5.51. The average molecular weight is 280 g/mol. The molecule has 0 saturated heterocycles. The smallest absolute Gasteiger partial charge is 0.264 e. The normalized spacial score (nSPS) is 10.4. The Balaban J connectivity index is 2.14. The van der Waals surface area contributed by atoms with Crippen LogP contribution in [0.25, 0.3) is 0 Å². The van der Waals surface area contributed by atoms with Gasteiger partial charge in [-0.15, -0.1) is 11.3 Å². The van der Waals surface area contributed by atoms with E-state index in [1.807, 2.05) is 42.6 Å². The lowest BCUT2D eigenvalue weighted by Gasteiger charge is -2.17. The minimum atomic E-state index is 0.0439. The van der Waals surface area contributed by atoms with Gasteiger partial charge < -0.3 is 4.90 Å². The Hall–Kier alpha value is -1.32. The summed E-state index contributed by atoms with van der Waals surface area (Å²) in [5.74, 6) is 0.0439. The lowest BCUT2D eigenvalue weighted by molar-refractivity contribution is 0.0789. The number of hydrogen-bond acceptors (Lipinski definition) is 2. The van der Waals surface area contributed by atoms with Crippen molar-refractivity contribution >= 4 is 28.8 Å². The van der Waals surface area contributed by atoms with Gasteiger partial charge in [0.15, 0.2) is 0 Å². The van der Waals surface area contributed by atoms with E-state index in [1.165, 1.54) is 11.3 Å². The first-order chi connectivity index (χ1) is 8.59. The first-order valence-corrected chi connectivity index (χ1v) is 6.88. The number of hydrogen-bond donors (Lipinski definition) is 0. The molecule has 18 heavy (non-hydrogen) atoms. The number of amides is 1. The second kappa shape index (κ2) is 5.55. The van der Waals surface area contributed by atoms with E-state index in [0.29, 0.717) is 11.6 Å². The van der Waals surface area contributed by atoms with Crippen LogP contribution in [0.15, 0.2) is 35.7 Å². The van der Waals surface area contributed by atoms with Gasteiger partial charge >= 0.3 is 0 Å². The van der Waals surface area contributed by atoms with Gasteiger partial charge in [-0.25, -0.2) is 0 Å². The number of halogens is 1. The highest BCUT2D eigenvalue weighted by Gasteiger charge is 2.16. The summed E-state index contributed by atoms with van der Waals surface area (Å²) in [5, 5.41) is 2.63. The van der Waals surface area contributed by atoms with E-state index in [9.17, 15) is 4.79 Å². The molecular weight excluding hydrogens is 266 g/mol. The van der Waals surface area contributed by atoms with Gasteiger partial charge in [0.2, 0.25) is 0 Å². The van der Waals surface area contributed by atoms with Crippen molar-refractivity contribution in [2.24, 2.45) is 0 Å². The second-order valence-electron chi connectivity index (χ2n) is 4.19. The lowest BCUT2D eigenvalue weighted by Crippen LogP contribution is -2.26. The maximum Gasteiger partial charge on any atom is 0.264 e. The first-order valence-electron chi connectivity index (χ1n) is 5.62. The number of nitrogens with zero attached hydrogens (tertiary/aromatic N) is 1. The molecular formula is C14H14ClNOS. The number of carbonyl (C=O) groups excluding carboxylic acids is 1. The summed E-state index contributed by atoms with van der Waals surface area (Å²) in [6.07, 6.45) is 0. The minimum absolute atomic E-state index is 0.0439. The molecule has 1 heterocycles. The van der Waals surface area contributed by atoms with E-state index in [4.69, 9.17) is 11.6 Å². The molecule has 2 rings (SSSR count). The molecule has 0 spiro atoms. The fraction of sp³-hybridized carbons (Fsp3) is 0.214. The summed E-state index contributed by atoms with van der Waals surface area (Å²) < 4.78 is 0. The van der Waals surface area contributed by atoms with Crippen LogP contribution in [0, 0.1) is 6.92 Å². The van der Waals surface area contributed by atoms with Crippen molar-refractivity contribution in [3.63, 3.8) is 0 Å². The molecule has 1 aromatic heterocycles. The fourth-order valence-electron chi connectivity index (χ4n) is 1.72. The van der Waals surface area contributed by atoms with Crippen LogP contribution in [0.3, 0.4) is 0 Å². The summed E-state index contributed by atoms with van der Waals surface area (Å²) in [6.45, 7) is 2.48.